The van der Waals surface area contributed by atoms with Crippen LogP contribution in [0, 0.1) is 18.8 Å². The van der Waals surface area contributed by atoms with Gasteiger partial charge in [0.05, 0.1) is 12.6 Å². The van der Waals surface area contributed by atoms with Gasteiger partial charge >= 0.3 is 5.97 Å². The van der Waals surface area contributed by atoms with Crippen LogP contribution in [0.1, 0.15) is 59.8 Å². The Balaban J connectivity index is 2.00. The van der Waals surface area contributed by atoms with E-state index in [9.17, 15) is 9.59 Å². The van der Waals surface area contributed by atoms with E-state index >= 15 is 0 Å². The number of ether oxygens (including phenoxy) is 1. The molecular weight excluding hydrogens is 304 g/mol. The van der Waals surface area contributed by atoms with Crippen LogP contribution < -0.4 is 5.32 Å². The molecule has 0 aromatic rings. The summed E-state index contributed by atoms with van der Waals surface area (Å²) in [6, 6.07) is -0.334. The molecule has 0 spiro atoms. The zero-order valence-electron chi connectivity index (χ0n) is 15.5. The second-order valence-corrected chi connectivity index (χ2v) is 7.02. The maximum Gasteiger partial charge on any atom is 0.323 e. The highest BCUT2D eigenvalue weighted by Gasteiger charge is 2.44. The van der Waals surface area contributed by atoms with Gasteiger partial charge in [0.1, 0.15) is 6.04 Å². The normalized spacial score (nSPS) is 29.0. The molecule has 1 aliphatic carbocycles. The average molecular weight is 336 g/mol. The smallest absolute Gasteiger partial charge is 0.323 e. The number of carbonyl (C=O) groups is 2. The summed E-state index contributed by atoms with van der Waals surface area (Å²) in [4.78, 5) is 27.1. The third-order valence-electron chi connectivity index (χ3n) is 5.12. The monoisotopic (exact) mass is 336 g/mol. The molecule has 1 aliphatic heterocycles. The summed E-state index contributed by atoms with van der Waals surface area (Å²) < 4.78 is 5.13. The van der Waals surface area contributed by atoms with E-state index in [4.69, 9.17) is 4.74 Å². The van der Waals surface area contributed by atoms with Crippen LogP contribution in [0.3, 0.4) is 0 Å². The highest BCUT2D eigenvalue weighted by atomic mass is 16.5. The highest BCUT2D eigenvalue weighted by Crippen LogP contribution is 2.38. The molecule has 24 heavy (non-hydrogen) atoms. The fraction of sp³-hybridized carbons (Fsp3) is 0.789. The SMILES string of the molecule is CCC[C@@H](N[C@H](C)C(=O)N1C2[CH]CC[CH]C2C[C@H]1C)C(=O)OCC. The van der Waals surface area contributed by atoms with E-state index in [0.29, 0.717) is 18.9 Å². The lowest BCUT2D eigenvalue weighted by Gasteiger charge is -2.35. The van der Waals surface area contributed by atoms with Gasteiger partial charge in [-0.1, -0.05) is 13.3 Å². The zero-order valence-corrected chi connectivity index (χ0v) is 15.5. The number of amides is 1. The Bertz CT molecular complexity index is 440. The minimum Gasteiger partial charge on any atom is -0.465 e. The molecule has 2 radical (unpaired) electrons. The molecule has 1 amide bonds. The number of carbonyl (C=O) groups excluding carboxylic acids is 2. The van der Waals surface area contributed by atoms with Gasteiger partial charge in [0.2, 0.25) is 5.91 Å². The van der Waals surface area contributed by atoms with Crippen molar-refractivity contribution in [2.24, 2.45) is 5.92 Å². The second kappa shape index (κ2) is 8.84. The van der Waals surface area contributed by atoms with Crippen LogP contribution in [0.25, 0.3) is 0 Å². The molecule has 2 fully saturated rings. The van der Waals surface area contributed by atoms with Gasteiger partial charge in [-0.05, 0) is 65.2 Å². The average Bonchev–Trinajstić information content (AvgIpc) is 2.89. The first-order chi connectivity index (χ1) is 11.5. The van der Waals surface area contributed by atoms with Crippen molar-refractivity contribution in [3.05, 3.63) is 12.8 Å². The van der Waals surface area contributed by atoms with Crippen LogP contribution in [0.15, 0.2) is 0 Å². The number of rotatable bonds is 7. The molecule has 1 saturated carbocycles. The molecule has 2 rings (SSSR count). The molecule has 0 bridgehead atoms. The van der Waals surface area contributed by atoms with Crippen LogP contribution in [-0.4, -0.2) is 47.6 Å². The molecule has 2 unspecified atom stereocenters. The predicted octanol–water partition coefficient (Wildman–Crippen LogP) is 2.50. The van der Waals surface area contributed by atoms with Gasteiger partial charge in [-0.2, -0.15) is 0 Å². The first-order valence-corrected chi connectivity index (χ1v) is 9.41. The standard InChI is InChI=1S/C19H32N2O3/c1-5-9-16(19(23)24-6-2)20-14(4)18(22)21-13(3)12-15-10-7-8-11-17(15)21/h10-11,13-17,20H,5-9,12H2,1-4H3/t13-,14-,15?,16-,17?/m1/s1. The van der Waals surface area contributed by atoms with E-state index < -0.39 is 6.04 Å². The van der Waals surface area contributed by atoms with Crippen molar-refractivity contribution in [3.8, 4) is 0 Å². The minimum absolute atomic E-state index is 0.0898. The third-order valence-corrected chi connectivity index (χ3v) is 5.12. The Morgan fingerprint density at radius 2 is 2.00 bits per heavy atom. The summed E-state index contributed by atoms with van der Waals surface area (Å²) in [5.74, 6) is 0.317. The number of esters is 1. The fourth-order valence-electron chi connectivity index (χ4n) is 4.01. The van der Waals surface area contributed by atoms with E-state index in [1.807, 2.05) is 18.7 Å². The summed E-state index contributed by atoms with van der Waals surface area (Å²) in [5, 5.41) is 3.21. The van der Waals surface area contributed by atoms with Crippen molar-refractivity contribution in [2.45, 2.75) is 84.0 Å². The quantitative estimate of drug-likeness (QED) is 0.726. The summed E-state index contributed by atoms with van der Waals surface area (Å²) in [6.45, 7) is 8.17. The van der Waals surface area contributed by atoms with E-state index in [1.165, 1.54) is 0 Å². The van der Waals surface area contributed by atoms with Crippen molar-refractivity contribution < 1.29 is 14.3 Å². The fourth-order valence-corrected chi connectivity index (χ4v) is 4.01. The number of hydrogen-bond donors (Lipinski definition) is 1. The molecule has 2 aliphatic rings. The Morgan fingerprint density at radius 3 is 2.67 bits per heavy atom. The molecular formula is C19H32N2O3. The summed E-state index contributed by atoms with van der Waals surface area (Å²) in [7, 11) is 0. The molecule has 1 heterocycles. The van der Waals surface area contributed by atoms with Gasteiger partial charge < -0.3 is 9.64 Å². The summed E-state index contributed by atoms with van der Waals surface area (Å²) >= 11 is 0. The molecule has 136 valence electrons. The van der Waals surface area contributed by atoms with Crippen molar-refractivity contribution >= 4 is 11.9 Å². The first kappa shape index (κ1) is 19.2. The zero-order chi connectivity index (χ0) is 17.7. The van der Waals surface area contributed by atoms with Gasteiger partial charge in [0, 0.05) is 12.1 Å². The van der Waals surface area contributed by atoms with E-state index in [2.05, 4.69) is 25.1 Å². The Labute approximate surface area is 146 Å². The van der Waals surface area contributed by atoms with Gasteiger partial charge in [0.25, 0.3) is 0 Å². The van der Waals surface area contributed by atoms with Crippen LogP contribution in [0.4, 0.5) is 0 Å². The van der Waals surface area contributed by atoms with Crippen molar-refractivity contribution in [2.75, 3.05) is 6.61 Å². The summed E-state index contributed by atoms with van der Waals surface area (Å²) in [6.07, 6.45) is 9.39. The number of fused-ring (bicyclic) bond motifs is 1. The maximum absolute atomic E-state index is 13.0. The molecule has 1 saturated heterocycles. The third kappa shape index (κ3) is 4.29. The van der Waals surface area contributed by atoms with Crippen molar-refractivity contribution in [1.82, 2.24) is 10.2 Å². The van der Waals surface area contributed by atoms with Crippen LogP contribution in [0.5, 0.6) is 0 Å². The predicted molar refractivity (Wildman–Crippen MR) is 94.0 cm³/mol. The minimum atomic E-state index is -0.412. The largest absolute Gasteiger partial charge is 0.465 e. The van der Waals surface area contributed by atoms with Crippen LogP contribution in [0.2, 0.25) is 0 Å². The Morgan fingerprint density at radius 1 is 1.29 bits per heavy atom. The lowest BCUT2D eigenvalue weighted by atomic mass is 9.85. The van der Waals surface area contributed by atoms with E-state index in [-0.39, 0.29) is 30.0 Å². The van der Waals surface area contributed by atoms with Gasteiger partial charge in [-0.3, -0.25) is 14.9 Å². The Kier molecular flexibility index (Phi) is 7.08. The molecule has 0 aromatic heterocycles. The Hall–Kier alpha value is -1.10. The van der Waals surface area contributed by atoms with Gasteiger partial charge in [-0.25, -0.2) is 0 Å². The number of nitrogens with one attached hydrogen (secondary N) is 1. The molecule has 5 atom stereocenters. The summed E-state index contributed by atoms with van der Waals surface area (Å²) in [5.41, 5.74) is 0. The number of likely N-dealkylation sites (tertiary alicyclic amines) is 1. The number of nitrogens with zero attached hydrogens (tertiary/aromatic N) is 1. The van der Waals surface area contributed by atoms with E-state index in [0.717, 1.165) is 25.7 Å². The van der Waals surface area contributed by atoms with Crippen molar-refractivity contribution in [1.29, 1.82) is 0 Å². The highest BCUT2D eigenvalue weighted by molar-refractivity contribution is 5.84. The van der Waals surface area contributed by atoms with Gasteiger partial charge in [-0.15, -0.1) is 0 Å². The lowest BCUT2D eigenvalue weighted by molar-refractivity contribution is -0.146. The van der Waals surface area contributed by atoms with E-state index in [1.54, 1.807) is 6.92 Å². The molecule has 5 nitrogen and oxygen atoms in total. The van der Waals surface area contributed by atoms with Crippen LogP contribution >= 0.6 is 0 Å². The topological polar surface area (TPSA) is 58.6 Å². The maximum atomic E-state index is 13.0. The molecule has 1 N–H and O–H groups in total. The molecule has 5 heteroatoms. The van der Waals surface area contributed by atoms with Gasteiger partial charge in [0.15, 0.2) is 0 Å². The number of hydrogen-bond acceptors (Lipinski definition) is 4. The first-order valence-electron chi connectivity index (χ1n) is 9.41. The second-order valence-electron chi connectivity index (χ2n) is 7.02. The van der Waals surface area contributed by atoms with Crippen molar-refractivity contribution in [3.63, 3.8) is 0 Å². The lowest BCUT2D eigenvalue weighted by Crippen LogP contribution is -2.54. The van der Waals surface area contributed by atoms with Crippen LogP contribution in [-0.2, 0) is 14.3 Å². The molecule has 0 aromatic carbocycles.